The summed E-state index contributed by atoms with van der Waals surface area (Å²) in [6, 6.07) is 1.79. The molecule has 1 atom stereocenters. The van der Waals surface area contributed by atoms with Gasteiger partial charge in [-0.05, 0) is 13.0 Å². The molecule has 0 bridgehead atoms. The molecular formula is C16H16F2N6O4S. The van der Waals surface area contributed by atoms with Crippen LogP contribution >= 0.6 is 0 Å². The molecule has 0 spiro atoms. The zero-order valence-electron chi connectivity index (χ0n) is 15.2. The van der Waals surface area contributed by atoms with E-state index < -0.39 is 50.0 Å². The van der Waals surface area contributed by atoms with Crippen LogP contribution in [0.2, 0.25) is 0 Å². The molecule has 13 heteroatoms. The molecule has 0 radical (unpaired) electrons. The topological polar surface area (TPSA) is 151 Å². The highest BCUT2D eigenvalue weighted by atomic mass is 32.2. The average Bonchev–Trinajstić information content (AvgIpc) is 2.62. The Kier molecular flexibility index (Phi) is 4.86. The Morgan fingerprint density at radius 2 is 2.07 bits per heavy atom. The van der Waals surface area contributed by atoms with Crippen molar-refractivity contribution in [3.63, 3.8) is 0 Å². The predicted molar refractivity (Wildman–Crippen MR) is 99.7 cm³/mol. The van der Waals surface area contributed by atoms with Gasteiger partial charge in [0.05, 0.1) is 11.9 Å². The van der Waals surface area contributed by atoms with Crippen LogP contribution in [0.4, 0.5) is 14.5 Å². The van der Waals surface area contributed by atoms with E-state index in [9.17, 15) is 26.8 Å². The molecule has 0 fully saturated rings. The number of aromatic amines is 1. The van der Waals surface area contributed by atoms with Crippen LogP contribution in [-0.2, 0) is 15.6 Å². The first kappa shape index (κ1) is 20.4. The Bertz CT molecular complexity index is 1180. The maximum Gasteiger partial charge on any atom is 0.275 e. The van der Waals surface area contributed by atoms with E-state index in [4.69, 9.17) is 5.73 Å². The van der Waals surface area contributed by atoms with E-state index in [1.165, 1.54) is 14.0 Å². The number of hydrogen-bond acceptors (Lipinski definition) is 7. The number of halogens is 2. The Hall–Kier alpha value is -3.35. The number of sulfonamides is 1. The van der Waals surface area contributed by atoms with Gasteiger partial charge in [-0.15, -0.1) is 0 Å². The number of amides is 1. The lowest BCUT2D eigenvalue weighted by atomic mass is 9.93. The highest BCUT2D eigenvalue weighted by Crippen LogP contribution is 2.35. The van der Waals surface area contributed by atoms with Gasteiger partial charge in [0.2, 0.25) is 16.0 Å². The van der Waals surface area contributed by atoms with Gasteiger partial charge in [0.15, 0.2) is 11.6 Å². The van der Waals surface area contributed by atoms with Crippen molar-refractivity contribution in [1.29, 1.82) is 0 Å². The van der Waals surface area contributed by atoms with Gasteiger partial charge >= 0.3 is 0 Å². The van der Waals surface area contributed by atoms with Crippen molar-refractivity contribution >= 4 is 27.6 Å². The van der Waals surface area contributed by atoms with Crippen molar-refractivity contribution in [2.75, 3.05) is 18.1 Å². The van der Waals surface area contributed by atoms with Crippen molar-refractivity contribution in [3.05, 3.63) is 57.8 Å². The summed E-state index contributed by atoms with van der Waals surface area (Å²) in [5.41, 5.74) is 2.65. The zero-order valence-corrected chi connectivity index (χ0v) is 16.0. The lowest BCUT2D eigenvalue weighted by Crippen LogP contribution is -2.50. The lowest BCUT2D eigenvalue weighted by molar-refractivity contribution is 0.102. The van der Waals surface area contributed by atoms with Crippen molar-refractivity contribution in [1.82, 2.24) is 14.3 Å². The zero-order chi connectivity index (χ0) is 21.6. The highest BCUT2D eigenvalue weighted by molar-refractivity contribution is 7.89. The minimum atomic E-state index is -3.92. The standard InChI is InChI=1S/C16H16F2N6O4S/c1-16(7-29(27,28)24(2)15(19)23-16)9-3-8(4-10(17)13(9)18)22-14(26)11-5-21-12(25)6-20-11/h3-6H,7H2,1-2H3,(H2,19,23)(H,21,25)(H,22,26)/t16-/m0/s1. The molecule has 1 aromatic carbocycles. The molecule has 0 unspecified atom stereocenters. The number of hydrogen-bond donors (Lipinski definition) is 3. The van der Waals surface area contributed by atoms with Crippen molar-refractivity contribution < 1.29 is 22.0 Å². The number of guanidine groups is 1. The summed E-state index contributed by atoms with van der Waals surface area (Å²) in [6.45, 7) is 1.29. The van der Waals surface area contributed by atoms with Crippen molar-refractivity contribution in [2.45, 2.75) is 12.5 Å². The van der Waals surface area contributed by atoms with Crippen LogP contribution in [0.15, 0.2) is 34.3 Å². The van der Waals surface area contributed by atoms with E-state index in [0.29, 0.717) is 0 Å². The first-order valence-electron chi connectivity index (χ1n) is 8.10. The number of aliphatic imine (C=N–C) groups is 1. The van der Waals surface area contributed by atoms with Gasteiger partial charge in [0.1, 0.15) is 11.2 Å². The summed E-state index contributed by atoms with van der Waals surface area (Å²) in [5.74, 6) is -4.48. The molecule has 2 aromatic rings. The summed E-state index contributed by atoms with van der Waals surface area (Å²) >= 11 is 0. The van der Waals surface area contributed by atoms with Gasteiger partial charge in [-0.1, -0.05) is 0 Å². The van der Waals surface area contributed by atoms with Crippen LogP contribution < -0.4 is 16.6 Å². The Morgan fingerprint density at radius 1 is 1.38 bits per heavy atom. The predicted octanol–water partition coefficient (Wildman–Crippen LogP) is 0.105. The summed E-state index contributed by atoms with van der Waals surface area (Å²) in [4.78, 5) is 33.2. The molecule has 4 N–H and O–H groups in total. The number of carbonyl (C=O) groups is 1. The van der Waals surface area contributed by atoms with Gasteiger partial charge in [-0.3, -0.25) is 9.59 Å². The summed E-state index contributed by atoms with van der Waals surface area (Å²) in [5, 5.41) is 2.31. The van der Waals surface area contributed by atoms with Crippen LogP contribution in [0.5, 0.6) is 0 Å². The SMILES string of the molecule is CN1C(N)=N[C@](C)(c2cc(NC(=O)c3c[nH]c(=O)cn3)cc(F)c2F)CS1(=O)=O. The monoisotopic (exact) mass is 426 g/mol. The van der Waals surface area contributed by atoms with Gasteiger partial charge in [-0.2, -0.15) is 0 Å². The fourth-order valence-electron chi connectivity index (χ4n) is 2.80. The van der Waals surface area contributed by atoms with Crippen molar-refractivity contribution in [3.8, 4) is 0 Å². The molecule has 1 aliphatic heterocycles. The third kappa shape index (κ3) is 3.81. The fourth-order valence-corrected chi connectivity index (χ4v) is 4.25. The van der Waals surface area contributed by atoms with E-state index in [0.717, 1.165) is 28.8 Å². The summed E-state index contributed by atoms with van der Waals surface area (Å²) in [6.07, 6.45) is 1.93. The number of nitrogens with zero attached hydrogens (tertiary/aromatic N) is 3. The van der Waals surface area contributed by atoms with Crippen LogP contribution in [-0.4, -0.2) is 47.4 Å². The average molecular weight is 426 g/mol. The minimum absolute atomic E-state index is 0.164. The molecule has 1 aromatic heterocycles. The Balaban J connectivity index is 2.03. The largest absolute Gasteiger partial charge is 0.369 e. The highest BCUT2D eigenvalue weighted by Gasteiger charge is 2.42. The number of aromatic nitrogens is 2. The summed E-state index contributed by atoms with van der Waals surface area (Å²) in [7, 11) is -2.73. The van der Waals surface area contributed by atoms with Crippen LogP contribution in [0, 0.1) is 11.6 Å². The quantitative estimate of drug-likeness (QED) is 0.634. The van der Waals surface area contributed by atoms with Gasteiger partial charge in [0, 0.05) is 30.6 Å². The molecular weight excluding hydrogens is 410 g/mol. The third-order valence-electron chi connectivity index (χ3n) is 4.34. The summed E-state index contributed by atoms with van der Waals surface area (Å²) < 4.78 is 54.1. The molecule has 3 rings (SSSR count). The van der Waals surface area contributed by atoms with E-state index in [2.05, 4.69) is 20.3 Å². The number of carbonyl (C=O) groups excluding carboxylic acids is 1. The molecule has 10 nitrogen and oxygen atoms in total. The minimum Gasteiger partial charge on any atom is -0.369 e. The number of H-pyrrole nitrogens is 1. The van der Waals surface area contributed by atoms with Gasteiger partial charge < -0.3 is 16.0 Å². The molecule has 1 aliphatic rings. The second-order valence-electron chi connectivity index (χ2n) is 6.54. The van der Waals surface area contributed by atoms with E-state index >= 15 is 0 Å². The van der Waals surface area contributed by atoms with Gasteiger partial charge in [0.25, 0.3) is 11.5 Å². The fraction of sp³-hybridized carbons (Fsp3) is 0.250. The number of anilines is 1. The van der Waals surface area contributed by atoms with E-state index in [-0.39, 0.29) is 17.3 Å². The van der Waals surface area contributed by atoms with Crippen LogP contribution in [0.25, 0.3) is 0 Å². The Morgan fingerprint density at radius 3 is 2.66 bits per heavy atom. The molecule has 2 heterocycles. The first-order chi connectivity index (χ1) is 13.4. The lowest BCUT2D eigenvalue weighted by Gasteiger charge is -2.34. The third-order valence-corrected chi connectivity index (χ3v) is 6.28. The number of rotatable bonds is 3. The second-order valence-corrected chi connectivity index (χ2v) is 8.54. The number of nitrogens with one attached hydrogen (secondary N) is 2. The van der Waals surface area contributed by atoms with Crippen LogP contribution in [0.3, 0.4) is 0 Å². The number of nitrogens with two attached hydrogens (primary N) is 1. The van der Waals surface area contributed by atoms with Crippen molar-refractivity contribution in [2.24, 2.45) is 10.7 Å². The van der Waals surface area contributed by atoms with Crippen LogP contribution in [0.1, 0.15) is 23.0 Å². The first-order valence-corrected chi connectivity index (χ1v) is 9.71. The maximum atomic E-state index is 14.5. The normalized spacial score (nSPS) is 20.8. The number of benzene rings is 1. The molecule has 154 valence electrons. The second kappa shape index (κ2) is 6.92. The van der Waals surface area contributed by atoms with Gasteiger partial charge in [-0.25, -0.2) is 31.5 Å². The molecule has 0 saturated carbocycles. The smallest absolute Gasteiger partial charge is 0.275 e. The molecule has 0 saturated heterocycles. The van der Waals surface area contributed by atoms with E-state index in [1.807, 2.05) is 0 Å². The van der Waals surface area contributed by atoms with E-state index in [1.54, 1.807) is 0 Å². The molecule has 29 heavy (non-hydrogen) atoms. The maximum absolute atomic E-state index is 14.5. The molecule has 1 amide bonds. The molecule has 0 aliphatic carbocycles. The Labute approximate surface area is 163 Å².